The van der Waals surface area contributed by atoms with Gasteiger partial charge in [0.05, 0.1) is 5.69 Å². The fourth-order valence-electron chi connectivity index (χ4n) is 2.04. The second-order valence-electron chi connectivity index (χ2n) is 4.76. The Morgan fingerprint density at radius 3 is 3.05 bits per heavy atom. The van der Waals surface area contributed by atoms with Crippen LogP contribution in [-0.2, 0) is 13.0 Å². The van der Waals surface area contributed by atoms with E-state index in [-0.39, 0.29) is 11.4 Å². The van der Waals surface area contributed by atoms with Crippen molar-refractivity contribution in [2.75, 3.05) is 24.2 Å². The van der Waals surface area contributed by atoms with Crippen molar-refractivity contribution in [2.24, 2.45) is 0 Å². The average Bonchev–Trinajstić information content (AvgIpc) is 2.82. The topological polar surface area (TPSA) is 103 Å². The fourth-order valence-corrected chi connectivity index (χ4v) is 3.12. The highest BCUT2D eigenvalue weighted by atomic mass is 32.1. The van der Waals surface area contributed by atoms with Crippen LogP contribution in [-0.4, -0.2) is 39.7 Å². The Morgan fingerprint density at radius 1 is 1.43 bits per heavy atom. The number of fused-ring (bicyclic) bond motifs is 1. The van der Waals surface area contributed by atoms with Crippen LogP contribution in [0.4, 0.5) is 15.7 Å². The lowest BCUT2D eigenvalue weighted by Gasteiger charge is -2.20. The summed E-state index contributed by atoms with van der Waals surface area (Å²) in [6, 6.07) is 2.29. The zero-order chi connectivity index (χ0) is 14.8. The lowest BCUT2D eigenvalue weighted by Crippen LogP contribution is -2.25. The first kappa shape index (κ1) is 13.7. The summed E-state index contributed by atoms with van der Waals surface area (Å²) in [5.74, 6) is 0.271. The largest absolute Gasteiger partial charge is 0.326 e. The van der Waals surface area contributed by atoms with Gasteiger partial charge in [-0.25, -0.2) is 14.9 Å². The van der Waals surface area contributed by atoms with Gasteiger partial charge in [0.15, 0.2) is 10.9 Å². The number of nitrogens with zero attached hydrogens (tertiary/aromatic N) is 3. The lowest BCUT2D eigenvalue weighted by atomic mass is 10.2. The quantitative estimate of drug-likeness (QED) is 0.763. The number of amides is 2. The summed E-state index contributed by atoms with van der Waals surface area (Å²) in [5, 5.41) is 11.7. The third kappa shape index (κ3) is 3.26. The number of nitrogens with one attached hydrogen (secondary N) is 3. The van der Waals surface area contributed by atoms with Crippen LogP contribution in [0.5, 0.6) is 0 Å². The van der Waals surface area contributed by atoms with E-state index in [0.717, 1.165) is 25.2 Å². The number of carbonyl (C=O) groups is 1. The van der Waals surface area contributed by atoms with E-state index in [4.69, 9.17) is 0 Å². The molecule has 3 N–H and O–H groups in total. The summed E-state index contributed by atoms with van der Waals surface area (Å²) in [6.45, 7) is 1.83. The lowest BCUT2D eigenvalue weighted by molar-refractivity contribution is 0.262. The van der Waals surface area contributed by atoms with E-state index in [2.05, 4.69) is 37.8 Å². The molecule has 0 atom stereocenters. The number of hydrogen-bond acceptors (Lipinski definition) is 6. The summed E-state index contributed by atoms with van der Waals surface area (Å²) < 4.78 is 0. The van der Waals surface area contributed by atoms with Crippen LogP contribution in [0.25, 0.3) is 0 Å². The standard InChI is InChI=1S/C12H14N6O2S/c1-18-5-4-7-8(6-18)21-12(13-7)15-11(20)14-9-2-3-10(19)17-16-9/h2-3H,4-6H2,1H3,(H,17,19)(H2,13,14,15,16,20). The first-order valence-corrected chi connectivity index (χ1v) is 7.22. The molecule has 0 saturated heterocycles. The monoisotopic (exact) mass is 306 g/mol. The highest BCUT2D eigenvalue weighted by Crippen LogP contribution is 2.27. The molecule has 2 aromatic heterocycles. The molecule has 1 aliphatic rings. The second kappa shape index (κ2) is 5.62. The normalized spacial score (nSPS) is 14.5. The van der Waals surface area contributed by atoms with E-state index in [1.165, 1.54) is 28.3 Å². The average molecular weight is 306 g/mol. The van der Waals surface area contributed by atoms with E-state index < -0.39 is 6.03 Å². The summed E-state index contributed by atoms with van der Waals surface area (Å²) in [5.41, 5.74) is 0.730. The predicted molar refractivity (Wildman–Crippen MR) is 79.7 cm³/mol. The van der Waals surface area contributed by atoms with Crippen LogP contribution in [0.1, 0.15) is 10.6 Å². The van der Waals surface area contributed by atoms with Crippen LogP contribution in [0.15, 0.2) is 16.9 Å². The smallest absolute Gasteiger partial charge is 0.301 e. The Morgan fingerprint density at radius 2 is 2.29 bits per heavy atom. The van der Waals surface area contributed by atoms with Gasteiger partial charge in [-0.15, -0.1) is 11.3 Å². The van der Waals surface area contributed by atoms with Crippen molar-refractivity contribution in [3.05, 3.63) is 33.1 Å². The maximum absolute atomic E-state index is 11.8. The number of urea groups is 1. The Kier molecular flexibility index (Phi) is 3.67. The van der Waals surface area contributed by atoms with Crippen LogP contribution >= 0.6 is 11.3 Å². The molecular weight excluding hydrogens is 292 g/mol. The van der Waals surface area contributed by atoms with Crippen LogP contribution in [0.3, 0.4) is 0 Å². The van der Waals surface area contributed by atoms with Gasteiger partial charge in [-0.1, -0.05) is 0 Å². The SMILES string of the molecule is CN1CCc2nc(NC(=O)Nc3ccc(=O)[nH]n3)sc2C1. The Bertz CT molecular complexity index is 704. The van der Waals surface area contributed by atoms with Crippen molar-refractivity contribution in [3.8, 4) is 0 Å². The molecule has 0 bridgehead atoms. The van der Waals surface area contributed by atoms with E-state index in [1.807, 2.05) is 0 Å². The van der Waals surface area contributed by atoms with Gasteiger partial charge in [-0.3, -0.25) is 15.4 Å². The fraction of sp³-hybridized carbons (Fsp3) is 0.333. The summed E-state index contributed by atoms with van der Waals surface area (Å²) in [6.07, 6.45) is 0.896. The van der Waals surface area contributed by atoms with Gasteiger partial charge >= 0.3 is 6.03 Å². The molecular formula is C12H14N6O2S. The molecule has 8 nitrogen and oxygen atoms in total. The molecule has 21 heavy (non-hydrogen) atoms. The zero-order valence-electron chi connectivity index (χ0n) is 11.3. The van der Waals surface area contributed by atoms with Gasteiger partial charge in [0, 0.05) is 30.5 Å². The number of anilines is 2. The zero-order valence-corrected chi connectivity index (χ0v) is 12.2. The van der Waals surface area contributed by atoms with E-state index >= 15 is 0 Å². The highest BCUT2D eigenvalue weighted by molar-refractivity contribution is 7.15. The summed E-state index contributed by atoms with van der Waals surface area (Å²) >= 11 is 1.48. The number of H-pyrrole nitrogens is 1. The third-order valence-corrected chi connectivity index (χ3v) is 4.06. The van der Waals surface area contributed by atoms with Gasteiger partial charge in [0.1, 0.15) is 0 Å². The molecule has 0 fully saturated rings. The van der Waals surface area contributed by atoms with Crippen molar-refractivity contribution in [1.29, 1.82) is 0 Å². The number of aromatic nitrogens is 3. The number of rotatable bonds is 2. The Balaban J connectivity index is 1.65. The maximum atomic E-state index is 11.8. The van der Waals surface area contributed by atoms with Crippen LogP contribution in [0.2, 0.25) is 0 Å². The van der Waals surface area contributed by atoms with E-state index in [9.17, 15) is 9.59 Å². The van der Waals surface area contributed by atoms with Crippen molar-refractivity contribution >= 4 is 28.3 Å². The Hall–Kier alpha value is -2.26. The second-order valence-corrected chi connectivity index (χ2v) is 5.85. The molecule has 2 aromatic rings. The molecule has 0 unspecified atom stereocenters. The van der Waals surface area contributed by atoms with Crippen molar-refractivity contribution in [2.45, 2.75) is 13.0 Å². The van der Waals surface area contributed by atoms with Gasteiger partial charge in [0.25, 0.3) is 5.56 Å². The highest BCUT2D eigenvalue weighted by Gasteiger charge is 2.19. The number of aromatic amines is 1. The summed E-state index contributed by atoms with van der Waals surface area (Å²) in [4.78, 5) is 30.5. The molecule has 1 aliphatic heterocycles. The van der Waals surface area contributed by atoms with E-state index in [0.29, 0.717) is 5.13 Å². The minimum atomic E-state index is -0.436. The third-order valence-electron chi connectivity index (χ3n) is 3.06. The molecule has 0 spiro atoms. The van der Waals surface area contributed by atoms with Crippen molar-refractivity contribution < 1.29 is 4.79 Å². The molecule has 3 heterocycles. The minimum Gasteiger partial charge on any atom is -0.301 e. The molecule has 9 heteroatoms. The van der Waals surface area contributed by atoms with E-state index in [1.54, 1.807) is 0 Å². The van der Waals surface area contributed by atoms with Gasteiger partial charge < -0.3 is 4.90 Å². The molecule has 2 amide bonds. The number of hydrogen-bond donors (Lipinski definition) is 3. The number of likely N-dealkylation sites (N-methyl/N-ethyl adjacent to an activating group) is 1. The number of thiazole rings is 1. The molecule has 110 valence electrons. The molecule has 3 rings (SSSR count). The molecule has 0 radical (unpaired) electrons. The van der Waals surface area contributed by atoms with Gasteiger partial charge in [-0.05, 0) is 13.1 Å². The van der Waals surface area contributed by atoms with Crippen LogP contribution < -0.4 is 16.2 Å². The first-order chi connectivity index (χ1) is 10.1. The molecule has 0 saturated carbocycles. The van der Waals surface area contributed by atoms with Crippen molar-refractivity contribution in [1.82, 2.24) is 20.1 Å². The summed E-state index contributed by atoms with van der Waals surface area (Å²) in [7, 11) is 2.06. The predicted octanol–water partition coefficient (Wildman–Crippen LogP) is 0.858. The number of carbonyl (C=O) groups excluding carboxylic acids is 1. The Labute approximate surface area is 124 Å². The van der Waals surface area contributed by atoms with Crippen molar-refractivity contribution in [3.63, 3.8) is 0 Å². The minimum absolute atomic E-state index is 0.271. The molecule has 0 aliphatic carbocycles. The maximum Gasteiger partial charge on any atom is 0.326 e. The first-order valence-electron chi connectivity index (χ1n) is 6.41. The van der Waals surface area contributed by atoms with Gasteiger partial charge in [0.2, 0.25) is 0 Å². The molecule has 0 aromatic carbocycles. The van der Waals surface area contributed by atoms with Crippen LogP contribution in [0, 0.1) is 0 Å². The van der Waals surface area contributed by atoms with Gasteiger partial charge in [-0.2, -0.15) is 5.10 Å².